The maximum Gasteiger partial charge on any atom is 0.374 e. The molecule has 0 saturated carbocycles. The topological polar surface area (TPSA) is 92.8 Å². The molecule has 0 bridgehead atoms. The summed E-state index contributed by atoms with van der Waals surface area (Å²) in [7, 11) is 1.31. The third kappa shape index (κ3) is 1.97. The van der Waals surface area contributed by atoms with Crippen LogP contribution in [0.15, 0.2) is 22.7 Å². The van der Waals surface area contributed by atoms with Gasteiger partial charge in [-0.15, -0.1) is 0 Å². The standard InChI is InChI=1S/C11H8FNO5/c1-17-9-3-6(12)8(14)2-5(9)7-4-10(11(15)16)18-13-7/h2-4,14H,1H3,(H,15,16). The van der Waals surface area contributed by atoms with Crippen LogP contribution in [-0.4, -0.2) is 28.4 Å². The summed E-state index contributed by atoms with van der Waals surface area (Å²) in [6.07, 6.45) is 0. The average molecular weight is 253 g/mol. The normalized spacial score (nSPS) is 10.3. The first-order chi connectivity index (χ1) is 8.52. The molecule has 94 valence electrons. The number of phenolic OH excluding ortho intramolecular Hbond substituents is 1. The molecular weight excluding hydrogens is 245 g/mol. The number of aromatic hydroxyl groups is 1. The van der Waals surface area contributed by atoms with Gasteiger partial charge >= 0.3 is 5.97 Å². The summed E-state index contributed by atoms with van der Waals surface area (Å²) in [5, 5.41) is 21.5. The van der Waals surface area contributed by atoms with Crippen LogP contribution in [0.25, 0.3) is 11.3 Å². The molecule has 0 saturated heterocycles. The third-order valence-electron chi connectivity index (χ3n) is 2.27. The predicted octanol–water partition coefficient (Wildman–Crippen LogP) is 1.89. The highest BCUT2D eigenvalue weighted by molar-refractivity contribution is 5.86. The Balaban J connectivity index is 2.55. The zero-order valence-electron chi connectivity index (χ0n) is 9.18. The van der Waals surface area contributed by atoms with E-state index in [0.29, 0.717) is 0 Å². The van der Waals surface area contributed by atoms with Crippen molar-refractivity contribution in [2.75, 3.05) is 7.11 Å². The Labute approximate surface area is 100 Å². The smallest absolute Gasteiger partial charge is 0.374 e. The zero-order valence-corrected chi connectivity index (χ0v) is 9.18. The summed E-state index contributed by atoms with van der Waals surface area (Å²) in [5.41, 5.74) is 0.354. The number of nitrogens with zero attached hydrogens (tertiary/aromatic N) is 1. The Kier molecular flexibility index (Phi) is 2.88. The number of phenols is 1. The second-order valence-electron chi connectivity index (χ2n) is 3.39. The van der Waals surface area contributed by atoms with Crippen LogP contribution in [0, 0.1) is 5.82 Å². The van der Waals surface area contributed by atoms with Crippen LogP contribution in [-0.2, 0) is 0 Å². The van der Waals surface area contributed by atoms with Crippen molar-refractivity contribution in [3.8, 4) is 22.8 Å². The number of aromatic carboxylic acids is 1. The summed E-state index contributed by atoms with van der Waals surface area (Å²) in [5.74, 6) is -2.98. The van der Waals surface area contributed by atoms with Crippen LogP contribution < -0.4 is 4.74 Å². The summed E-state index contributed by atoms with van der Waals surface area (Å²) in [4.78, 5) is 10.6. The molecule has 0 unspecified atom stereocenters. The van der Waals surface area contributed by atoms with Crippen LogP contribution in [0.5, 0.6) is 11.5 Å². The zero-order chi connectivity index (χ0) is 13.3. The maximum atomic E-state index is 13.1. The number of rotatable bonds is 3. The summed E-state index contributed by atoms with van der Waals surface area (Å²) < 4.78 is 22.6. The van der Waals surface area contributed by atoms with Gasteiger partial charge in [0.25, 0.3) is 0 Å². The lowest BCUT2D eigenvalue weighted by Gasteiger charge is -2.06. The van der Waals surface area contributed by atoms with E-state index in [0.717, 1.165) is 18.2 Å². The van der Waals surface area contributed by atoms with Crippen molar-refractivity contribution in [1.82, 2.24) is 5.16 Å². The van der Waals surface area contributed by atoms with Crippen LogP contribution in [0.4, 0.5) is 4.39 Å². The van der Waals surface area contributed by atoms with E-state index in [1.54, 1.807) is 0 Å². The van der Waals surface area contributed by atoms with Crippen molar-refractivity contribution in [3.63, 3.8) is 0 Å². The van der Waals surface area contributed by atoms with Gasteiger partial charge in [0.05, 0.1) is 7.11 Å². The molecule has 1 heterocycles. The highest BCUT2D eigenvalue weighted by Gasteiger charge is 2.17. The number of hydrogen-bond donors (Lipinski definition) is 2. The van der Waals surface area contributed by atoms with Crippen molar-refractivity contribution in [3.05, 3.63) is 29.8 Å². The van der Waals surface area contributed by atoms with E-state index in [2.05, 4.69) is 9.68 Å². The van der Waals surface area contributed by atoms with Gasteiger partial charge in [-0.1, -0.05) is 5.16 Å². The minimum atomic E-state index is -1.28. The first kappa shape index (κ1) is 11.9. The quantitative estimate of drug-likeness (QED) is 0.867. The second-order valence-corrected chi connectivity index (χ2v) is 3.39. The Morgan fingerprint density at radius 3 is 2.72 bits per heavy atom. The van der Waals surface area contributed by atoms with Crippen LogP contribution in [0.2, 0.25) is 0 Å². The SMILES string of the molecule is COc1cc(F)c(O)cc1-c1cc(C(=O)O)on1. The number of benzene rings is 1. The van der Waals surface area contributed by atoms with E-state index in [1.165, 1.54) is 7.11 Å². The van der Waals surface area contributed by atoms with Gasteiger partial charge in [-0.3, -0.25) is 0 Å². The molecule has 0 aliphatic carbocycles. The lowest BCUT2D eigenvalue weighted by atomic mass is 10.1. The van der Waals surface area contributed by atoms with Crippen LogP contribution in [0.1, 0.15) is 10.6 Å². The molecule has 1 aromatic heterocycles. The van der Waals surface area contributed by atoms with Gasteiger partial charge in [0, 0.05) is 17.7 Å². The van der Waals surface area contributed by atoms with Crippen molar-refractivity contribution < 1.29 is 28.7 Å². The lowest BCUT2D eigenvalue weighted by Crippen LogP contribution is -1.92. The first-order valence-corrected chi connectivity index (χ1v) is 4.80. The fraction of sp³-hybridized carbons (Fsp3) is 0.0909. The number of carbonyl (C=O) groups is 1. The molecule has 0 amide bonds. The van der Waals surface area contributed by atoms with Crippen LogP contribution in [0.3, 0.4) is 0 Å². The highest BCUT2D eigenvalue weighted by Crippen LogP contribution is 2.34. The summed E-state index contributed by atoms with van der Waals surface area (Å²) >= 11 is 0. The Hall–Kier alpha value is -2.57. The number of carboxylic acid groups (broad SMARTS) is 1. The van der Waals surface area contributed by atoms with Crippen molar-refractivity contribution >= 4 is 5.97 Å². The number of methoxy groups -OCH3 is 1. The van der Waals surface area contributed by atoms with Gasteiger partial charge in [0.2, 0.25) is 5.76 Å². The van der Waals surface area contributed by atoms with E-state index in [4.69, 9.17) is 9.84 Å². The molecule has 2 N–H and O–H groups in total. The number of hydrogen-bond acceptors (Lipinski definition) is 5. The molecule has 0 spiro atoms. The molecule has 0 fully saturated rings. The molecule has 2 rings (SSSR count). The molecule has 0 radical (unpaired) electrons. The van der Waals surface area contributed by atoms with Gasteiger partial charge in [-0.25, -0.2) is 9.18 Å². The molecule has 18 heavy (non-hydrogen) atoms. The predicted molar refractivity (Wildman–Crippen MR) is 57.1 cm³/mol. The van der Waals surface area contributed by atoms with Gasteiger partial charge < -0.3 is 19.5 Å². The Morgan fingerprint density at radius 2 is 2.17 bits per heavy atom. The molecule has 0 aliphatic rings. The van der Waals surface area contributed by atoms with E-state index in [9.17, 15) is 14.3 Å². The molecule has 6 nitrogen and oxygen atoms in total. The summed E-state index contributed by atoms with van der Waals surface area (Å²) in [6, 6.07) is 3.20. The second kappa shape index (κ2) is 4.36. The van der Waals surface area contributed by atoms with Gasteiger partial charge in [-0.05, 0) is 6.07 Å². The number of aromatic nitrogens is 1. The fourth-order valence-electron chi connectivity index (χ4n) is 1.42. The van der Waals surface area contributed by atoms with Gasteiger partial charge in [0.15, 0.2) is 11.6 Å². The Morgan fingerprint density at radius 1 is 1.44 bits per heavy atom. The van der Waals surface area contributed by atoms with E-state index < -0.39 is 17.5 Å². The third-order valence-corrected chi connectivity index (χ3v) is 2.27. The minimum Gasteiger partial charge on any atom is -0.505 e. The monoisotopic (exact) mass is 253 g/mol. The maximum absolute atomic E-state index is 13.1. The molecular formula is C11H8FNO5. The van der Waals surface area contributed by atoms with Gasteiger partial charge in [-0.2, -0.15) is 0 Å². The van der Waals surface area contributed by atoms with Gasteiger partial charge in [0.1, 0.15) is 11.4 Å². The molecule has 0 aliphatic heterocycles. The number of halogens is 1. The molecule has 0 atom stereocenters. The molecule has 2 aromatic rings. The lowest BCUT2D eigenvalue weighted by molar-refractivity contribution is 0.0652. The van der Waals surface area contributed by atoms with E-state index in [1.807, 2.05) is 0 Å². The fourth-order valence-corrected chi connectivity index (χ4v) is 1.42. The number of carboxylic acids is 1. The largest absolute Gasteiger partial charge is 0.505 e. The van der Waals surface area contributed by atoms with Crippen LogP contribution >= 0.6 is 0 Å². The molecule has 1 aromatic carbocycles. The number of ether oxygens (including phenoxy) is 1. The van der Waals surface area contributed by atoms with Crippen molar-refractivity contribution in [2.24, 2.45) is 0 Å². The van der Waals surface area contributed by atoms with Crippen molar-refractivity contribution in [2.45, 2.75) is 0 Å². The molecule has 7 heteroatoms. The first-order valence-electron chi connectivity index (χ1n) is 4.80. The average Bonchev–Trinajstić information content (AvgIpc) is 2.81. The van der Waals surface area contributed by atoms with E-state index >= 15 is 0 Å². The summed E-state index contributed by atoms with van der Waals surface area (Å²) in [6.45, 7) is 0. The Bertz CT molecular complexity index is 607. The van der Waals surface area contributed by atoms with Crippen molar-refractivity contribution in [1.29, 1.82) is 0 Å². The minimum absolute atomic E-state index is 0.107. The highest BCUT2D eigenvalue weighted by atomic mass is 19.1. The van der Waals surface area contributed by atoms with E-state index in [-0.39, 0.29) is 22.8 Å².